The number of anilines is 2. The third-order valence-corrected chi connectivity index (χ3v) is 3.53. The largest absolute Gasteiger partial charge is 0.506 e. The first-order valence-corrected chi connectivity index (χ1v) is 7.30. The van der Waals surface area contributed by atoms with E-state index in [1.807, 2.05) is 42.5 Å². The highest BCUT2D eigenvalue weighted by molar-refractivity contribution is 5.89. The molecule has 1 amide bonds. The number of hydrogen-bond donors (Lipinski definition) is 3. The van der Waals surface area contributed by atoms with Gasteiger partial charge in [-0.25, -0.2) is 0 Å². The number of rotatable bonds is 4. The van der Waals surface area contributed by atoms with E-state index in [2.05, 4.69) is 15.6 Å². The Balaban J connectivity index is 1.76. The van der Waals surface area contributed by atoms with Crippen LogP contribution in [0.4, 0.5) is 11.4 Å². The maximum atomic E-state index is 11.0. The van der Waals surface area contributed by atoms with Crippen molar-refractivity contribution in [3.05, 3.63) is 60.3 Å². The molecule has 3 N–H and O–H groups in total. The van der Waals surface area contributed by atoms with Gasteiger partial charge in [-0.3, -0.25) is 9.78 Å². The maximum Gasteiger partial charge on any atom is 0.221 e. The molecule has 23 heavy (non-hydrogen) atoms. The Kier molecular flexibility index (Phi) is 4.10. The van der Waals surface area contributed by atoms with E-state index in [0.717, 1.165) is 22.3 Å². The van der Waals surface area contributed by atoms with Crippen LogP contribution in [0.1, 0.15) is 12.5 Å². The summed E-state index contributed by atoms with van der Waals surface area (Å²) in [6, 6.07) is 14.9. The van der Waals surface area contributed by atoms with Gasteiger partial charge in [0.15, 0.2) is 0 Å². The summed E-state index contributed by atoms with van der Waals surface area (Å²) in [6.45, 7) is 2.10. The normalized spacial score (nSPS) is 10.5. The fraction of sp³-hybridized carbons (Fsp3) is 0.111. The lowest BCUT2D eigenvalue weighted by Gasteiger charge is -2.10. The molecule has 2 aromatic carbocycles. The van der Waals surface area contributed by atoms with Gasteiger partial charge < -0.3 is 15.7 Å². The number of phenolic OH excluding ortho intramolecular Hbond substituents is 1. The van der Waals surface area contributed by atoms with E-state index in [-0.39, 0.29) is 11.7 Å². The van der Waals surface area contributed by atoms with Gasteiger partial charge in [0.2, 0.25) is 5.91 Å². The number of aromatic hydroxyl groups is 1. The van der Waals surface area contributed by atoms with Crippen LogP contribution < -0.4 is 10.6 Å². The number of benzene rings is 2. The highest BCUT2D eigenvalue weighted by atomic mass is 16.3. The Labute approximate surface area is 134 Å². The number of amides is 1. The molecule has 0 saturated carbocycles. The molecule has 5 nitrogen and oxygen atoms in total. The van der Waals surface area contributed by atoms with E-state index < -0.39 is 0 Å². The Morgan fingerprint density at radius 1 is 1.09 bits per heavy atom. The van der Waals surface area contributed by atoms with Gasteiger partial charge in [0, 0.05) is 36.4 Å². The molecule has 0 bridgehead atoms. The minimum Gasteiger partial charge on any atom is -0.506 e. The summed E-state index contributed by atoms with van der Waals surface area (Å²) in [5.74, 6) is 0.0952. The van der Waals surface area contributed by atoms with Gasteiger partial charge in [-0.1, -0.05) is 12.1 Å². The minimum atomic E-state index is -0.0891. The molecular formula is C18H17N3O2. The second-order valence-corrected chi connectivity index (χ2v) is 5.26. The number of hydrogen-bond acceptors (Lipinski definition) is 4. The summed E-state index contributed by atoms with van der Waals surface area (Å²) in [7, 11) is 0. The highest BCUT2D eigenvalue weighted by Crippen LogP contribution is 2.26. The Hall–Kier alpha value is -3.08. The van der Waals surface area contributed by atoms with Crippen molar-refractivity contribution in [2.75, 3.05) is 10.6 Å². The van der Waals surface area contributed by atoms with Crippen LogP contribution in [0.5, 0.6) is 5.75 Å². The average molecular weight is 307 g/mol. The average Bonchev–Trinajstić information content (AvgIpc) is 2.55. The lowest BCUT2D eigenvalue weighted by atomic mass is 10.1. The van der Waals surface area contributed by atoms with E-state index in [9.17, 15) is 9.90 Å². The molecule has 0 fully saturated rings. The molecule has 0 aliphatic carbocycles. The molecule has 0 unspecified atom stereocenters. The lowest BCUT2D eigenvalue weighted by Crippen LogP contribution is -2.05. The van der Waals surface area contributed by atoms with Crippen molar-refractivity contribution in [1.29, 1.82) is 0 Å². The molecule has 0 radical (unpaired) electrons. The van der Waals surface area contributed by atoms with Gasteiger partial charge in [0.05, 0.1) is 0 Å². The fourth-order valence-electron chi connectivity index (χ4n) is 2.44. The number of nitrogens with one attached hydrogen (secondary N) is 2. The van der Waals surface area contributed by atoms with Crippen molar-refractivity contribution < 1.29 is 9.90 Å². The number of carbonyl (C=O) groups is 1. The van der Waals surface area contributed by atoms with Gasteiger partial charge in [-0.05, 0) is 42.0 Å². The molecule has 0 aliphatic heterocycles. The van der Waals surface area contributed by atoms with Crippen LogP contribution in [0.2, 0.25) is 0 Å². The van der Waals surface area contributed by atoms with Gasteiger partial charge in [-0.2, -0.15) is 0 Å². The molecule has 5 heteroatoms. The topological polar surface area (TPSA) is 74.2 Å². The van der Waals surface area contributed by atoms with E-state index >= 15 is 0 Å². The van der Waals surface area contributed by atoms with Crippen LogP contribution in [0.15, 0.2) is 54.7 Å². The zero-order valence-electron chi connectivity index (χ0n) is 12.7. The summed E-state index contributed by atoms with van der Waals surface area (Å²) < 4.78 is 0. The van der Waals surface area contributed by atoms with Crippen LogP contribution in [0.3, 0.4) is 0 Å². The number of phenols is 1. The molecule has 0 spiro atoms. The molecule has 116 valence electrons. The highest BCUT2D eigenvalue weighted by Gasteiger charge is 2.06. The summed E-state index contributed by atoms with van der Waals surface area (Å²) >= 11 is 0. The molecular weight excluding hydrogens is 290 g/mol. The van der Waals surface area contributed by atoms with Crippen molar-refractivity contribution in [2.45, 2.75) is 13.5 Å². The number of nitrogens with zero attached hydrogens (tertiary/aromatic N) is 1. The Morgan fingerprint density at radius 2 is 1.83 bits per heavy atom. The first-order valence-electron chi connectivity index (χ1n) is 7.30. The zero-order valence-corrected chi connectivity index (χ0v) is 12.7. The predicted molar refractivity (Wildman–Crippen MR) is 91.5 cm³/mol. The van der Waals surface area contributed by atoms with E-state index in [4.69, 9.17) is 0 Å². The van der Waals surface area contributed by atoms with Gasteiger partial charge in [0.1, 0.15) is 11.3 Å². The van der Waals surface area contributed by atoms with Crippen LogP contribution in [0.25, 0.3) is 10.9 Å². The molecule has 1 aromatic heterocycles. The molecule has 1 heterocycles. The standard InChI is InChI=1S/C18H17N3O2/c1-12(22)21-15-7-5-14(6-8-15)20-11-13-4-9-17(23)18-16(13)3-2-10-19-18/h2-10,20,23H,11H2,1H3,(H,21,22). The minimum absolute atomic E-state index is 0.0891. The summed E-state index contributed by atoms with van der Waals surface area (Å²) in [6.07, 6.45) is 1.67. The molecule has 3 aromatic rings. The van der Waals surface area contributed by atoms with Gasteiger partial charge in [-0.15, -0.1) is 0 Å². The van der Waals surface area contributed by atoms with E-state index in [1.54, 1.807) is 12.3 Å². The number of fused-ring (bicyclic) bond motifs is 1. The first-order chi connectivity index (χ1) is 11.1. The third kappa shape index (κ3) is 3.40. The predicted octanol–water partition coefficient (Wildman–Crippen LogP) is 3.51. The van der Waals surface area contributed by atoms with E-state index in [1.165, 1.54) is 6.92 Å². The quantitative estimate of drug-likeness (QED) is 0.689. The van der Waals surface area contributed by atoms with Crippen LogP contribution in [-0.4, -0.2) is 16.0 Å². The summed E-state index contributed by atoms with van der Waals surface area (Å²) in [5.41, 5.74) is 3.37. The van der Waals surface area contributed by atoms with Gasteiger partial charge >= 0.3 is 0 Å². The van der Waals surface area contributed by atoms with E-state index in [0.29, 0.717) is 12.1 Å². The van der Waals surface area contributed by atoms with Crippen molar-refractivity contribution in [1.82, 2.24) is 4.98 Å². The molecule has 0 atom stereocenters. The van der Waals surface area contributed by atoms with Crippen molar-refractivity contribution in [3.8, 4) is 5.75 Å². The van der Waals surface area contributed by atoms with Crippen LogP contribution in [-0.2, 0) is 11.3 Å². The number of aromatic nitrogens is 1. The van der Waals surface area contributed by atoms with Crippen molar-refractivity contribution in [3.63, 3.8) is 0 Å². The second kappa shape index (κ2) is 6.36. The first kappa shape index (κ1) is 14.8. The molecule has 0 saturated heterocycles. The SMILES string of the molecule is CC(=O)Nc1ccc(NCc2ccc(O)c3ncccc23)cc1. The maximum absolute atomic E-state index is 11.0. The van der Waals surface area contributed by atoms with Crippen molar-refractivity contribution >= 4 is 28.2 Å². The lowest BCUT2D eigenvalue weighted by molar-refractivity contribution is -0.114. The third-order valence-electron chi connectivity index (χ3n) is 3.53. The number of carbonyl (C=O) groups excluding carboxylic acids is 1. The fourth-order valence-corrected chi connectivity index (χ4v) is 2.44. The monoisotopic (exact) mass is 307 g/mol. The second-order valence-electron chi connectivity index (χ2n) is 5.26. The summed E-state index contributed by atoms with van der Waals surface area (Å²) in [4.78, 5) is 15.2. The summed E-state index contributed by atoms with van der Waals surface area (Å²) in [5, 5.41) is 16.9. The Morgan fingerprint density at radius 3 is 2.57 bits per heavy atom. The Bertz CT molecular complexity index is 845. The number of pyridine rings is 1. The zero-order chi connectivity index (χ0) is 16.2. The van der Waals surface area contributed by atoms with Crippen LogP contribution in [0, 0.1) is 0 Å². The van der Waals surface area contributed by atoms with Crippen LogP contribution >= 0.6 is 0 Å². The smallest absolute Gasteiger partial charge is 0.221 e. The van der Waals surface area contributed by atoms with Gasteiger partial charge in [0.25, 0.3) is 0 Å². The molecule has 0 aliphatic rings. The molecule has 3 rings (SSSR count). The van der Waals surface area contributed by atoms with Crippen molar-refractivity contribution in [2.24, 2.45) is 0 Å².